The largest absolute Gasteiger partial charge is 0.508 e. The van der Waals surface area contributed by atoms with Crippen molar-refractivity contribution >= 4 is 0 Å². The molecule has 0 aliphatic heterocycles. The summed E-state index contributed by atoms with van der Waals surface area (Å²) in [6.07, 6.45) is 0. The van der Waals surface area contributed by atoms with E-state index < -0.39 is 61.5 Å². The molecule has 0 aromatic heterocycles. The normalized spacial score (nSPS) is 32.2. The van der Waals surface area contributed by atoms with Gasteiger partial charge in [-0.3, -0.25) is 0 Å². The molecule has 0 amide bonds. The second kappa shape index (κ2) is 2.57. The van der Waals surface area contributed by atoms with Gasteiger partial charge in [-0.1, -0.05) is 32.6 Å². The zero-order valence-electron chi connectivity index (χ0n) is 18.4. The first kappa shape index (κ1) is 1.54. The Balaban J connectivity index is 4.27. The minimum absolute atomic E-state index is 1.12. The Labute approximate surface area is 86.0 Å². The van der Waals surface area contributed by atoms with Crippen LogP contribution in [0.3, 0.4) is 0 Å². The van der Waals surface area contributed by atoms with Crippen molar-refractivity contribution in [3.8, 4) is 5.75 Å². The third-order valence-corrected chi connectivity index (χ3v) is 0.987. The second-order valence-corrected chi connectivity index (χ2v) is 1.97. The second-order valence-electron chi connectivity index (χ2n) is 1.97. The van der Waals surface area contributed by atoms with Gasteiger partial charge < -0.3 is 5.11 Å². The predicted molar refractivity (Wildman–Crippen MR) is 46.8 cm³/mol. The fourth-order valence-corrected chi connectivity index (χ4v) is 0.493. The molecule has 0 spiro atoms. The molecule has 0 saturated carbocycles. The van der Waals surface area contributed by atoms with Crippen molar-refractivity contribution in [2.24, 2.45) is 0 Å². The van der Waals surface area contributed by atoms with E-state index in [0.717, 1.165) is 0 Å². The van der Waals surface area contributed by atoms with Crippen LogP contribution in [-0.2, 0) is 5.41 Å². The molecule has 0 radical (unpaired) electrons. The SMILES string of the molecule is [2H]c1c([2H])c(C(C([2H])([2H])[2H])(C([2H])([2H])[2H])C([2H])([2H])[2H])c([2H])c([2H])c1O. The molecule has 1 nitrogen and oxygen atoms in total. The fraction of sp³-hybridized carbons (Fsp3) is 0.400. The highest BCUT2D eigenvalue weighted by Crippen LogP contribution is 2.23. The summed E-state index contributed by atoms with van der Waals surface area (Å²) < 4.78 is 98.4. The molecular weight excluding hydrogens is 136 g/mol. The maximum Gasteiger partial charge on any atom is 0.115 e. The Hall–Kier alpha value is -0.980. The summed E-state index contributed by atoms with van der Waals surface area (Å²) in [4.78, 5) is 0. The highest BCUT2D eigenvalue weighted by Gasteiger charge is 2.12. The van der Waals surface area contributed by atoms with Crippen LogP contribution >= 0.6 is 0 Å². The van der Waals surface area contributed by atoms with E-state index in [4.69, 9.17) is 17.8 Å². The number of phenolic OH excluding ortho intramolecular Hbond substituents is 1. The van der Waals surface area contributed by atoms with E-state index in [9.17, 15) is 5.11 Å². The molecule has 0 heterocycles. The Bertz CT molecular complexity index is 586. The third-order valence-electron chi connectivity index (χ3n) is 0.987. The number of hydrogen-bond acceptors (Lipinski definition) is 1. The van der Waals surface area contributed by atoms with E-state index in [1.54, 1.807) is 0 Å². The summed E-state index contributed by atoms with van der Waals surface area (Å²) in [5, 5.41) is 9.53. The first-order valence-electron chi connectivity index (χ1n) is 9.22. The zero-order valence-corrected chi connectivity index (χ0v) is 5.45. The van der Waals surface area contributed by atoms with Gasteiger partial charge in [-0.05, 0) is 23.1 Å². The van der Waals surface area contributed by atoms with Gasteiger partial charge in [0.1, 0.15) is 5.75 Å². The monoisotopic (exact) mass is 163 g/mol. The average molecular weight is 163 g/mol. The highest BCUT2D eigenvalue weighted by atomic mass is 16.3. The van der Waals surface area contributed by atoms with E-state index in [2.05, 4.69) is 0 Å². The molecule has 0 fully saturated rings. The van der Waals surface area contributed by atoms with Crippen molar-refractivity contribution in [2.45, 2.75) is 26.0 Å². The highest BCUT2D eigenvalue weighted by molar-refractivity contribution is 5.29. The van der Waals surface area contributed by atoms with Crippen LogP contribution in [0.15, 0.2) is 24.2 Å². The van der Waals surface area contributed by atoms with E-state index >= 15 is 0 Å². The first-order chi connectivity index (χ1) is 10.4. The van der Waals surface area contributed by atoms with E-state index in [1.807, 2.05) is 0 Å². The lowest BCUT2D eigenvalue weighted by molar-refractivity contribution is 0.474. The number of aromatic hydroxyl groups is 1. The molecule has 1 aromatic carbocycles. The summed E-state index contributed by atoms with van der Waals surface area (Å²) in [6, 6.07) is -4.69. The number of benzene rings is 1. The van der Waals surface area contributed by atoms with Crippen molar-refractivity contribution in [1.82, 2.24) is 0 Å². The summed E-state index contributed by atoms with van der Waals surface area (Å²) in [5.74, 6) is -1.13. The van der Waals surface area contributed by atoms with Gasteiger partial charge in [-0.15, -0.1) is 0 Å². The molecular formula is C10H14O. The summed E-state index contributed by atoms with van der Waals surface area (Å²) in [7, 11) is 0. The topological polar surface area (TPSA) is 20.2 Å². The molecule has 0 bridgehead atoms. The standard InChI is InChI=1S/C10H14O/c1-10(2,3)8-4-6-9(11)7-5-8/h4-7,11H,1-3H3/i1D3,2D3,3D3,4D,5D,6D,7D. The fourth-order valence-electron chi connectivity index (χ4n) is 0.493. The molecule has 1 N–H and O–H groups in total. The number of hydrogen-bond donors (Lipinski definition) is 1. The van der Waals surface area contributed by atoms with Crippen LogP contribution in [0.5, 0.6) is 5.75 Å². The van der Waals surface area contributed by atoms with Gasteiger partial charge in [0.25, 0.3) is 0 Å². The minimum Gasteiger partial charge on any atom is -0.508 e. The van der Waals surface area contributed by atoms with Gasteiger partial charge in [-0.2, -0.15) is 0 Å². The summed E-state index contributed by atoms with van der Waals surface area (Å²) in [6.45, 7) is -11.2. The molecule has 1 heteroatoms. The lowest BCUT2D eigenvalue weighted by atomic mass is 9.87. The zero-order chi connectivity index (χ0) is 19.5. The Kier molecular flexibility index (Phi) is 0.360. The molecule has 0 unspecified atom stereocenters. The summed E-state index contributed by atoms with van der Waals surface area (Å²) >= 11 is 0. The van der Waals surface area contributed by atoms with E-state index in [1.165, 1.54) is 0 Å². The van der Waals surface area contributed by atoms with E-state index in [0.29, 0.717) is 0 Å². The van der Waals surface area contributed by atoms with Gasteiger partial charge in [0.05, 0.1) is 5.48 Å². The van der Waals surface area contributed by atoms with Crippen LogP contribution in [0.4, 0.5) is 0 Å². The van der Waals surface area contributed by atoms with Gasteiger partial charge >= 0.3 is 0 Å². The molecule has 0 aliphatic carbocycles. The van der Waals surface area contributed by atoms with Crippen LogP contribution in [0.25, 0.3) is 0 Å². The Morgan fingerprint density at radius 3 is 2.27 bits per heavy atom. The molecule has 60 valence electrons. The molecule has 11 heavy (non-hydrogen) atoms. The van der Waals surface area contributed by atoms with Crippen LogP contribution < -0.4 is 0 Å². The third kappa shape index (κ3) is 1.97. The van der Waals surface area contributed by atoms with Crippen molar-refractivity contribution < 1.29 is 22.9 Å². The van der Waals surface area contributed by atoms with E-state index in [-0.39, 0.29) is 0 Å². The molecule has 1 rings (SSSR count). The molecule has 0 atom stereocenters. The Morgan fingerprint density at radius 1 is 1.27 bits per heavy atom. The quantitative estimate of drug-likeness (QED) is 0.623. The summed E-state index contributed by atoms with van der Waals surface area (Å²) in [5.41, 5.74) is -4.96. The smallest absolute Gasteiger partial charge is 0.115 e. The minimum atomic E-state index is -3.72. The van der Waals surface area contributed by atoms with Crippen LogP contribution in [0.2, 0.25) is 0 Å². The van der Waals surface area contributed by atoms with Gasteiger partial charge in [0, 0.05) is 12.3 Å². The Morgan fingerprint density at radius 2 is 1.82 bits per heavy atom. The van der Waals surface area contributed by atoms with Gasteiger partial charge in [0.15, 0.2) is 0 Å². The molecule has 1 aromatic rings. The number of phenols is 1. The first-order valence-corrected chi connectivity index (χ1v) is 2.72. The predicted octanol–water partition coefficient (Wildman–Crippen LogP) is 2.69. The molecule has 0 aliphatic rings. The lowest BCUT2D eigenvalue weighted by Gasteiger charge is -2.18. The maximum absolute atomic E-state index is 9.53. The average Bonchev–Trinajstić information content (AvgIpc) is 2.34. The van der Waals surface area contributed by atoms with Crippen molar-refractivity contribution in [1.29, 1.82) is 0 Å². The maximum atomic E-state index is 9.53. The molecule has 0 saturated heterocycles. The van der Waals surface area contributed by atoms with Crippen molar-refractivity contribution in [3.63, 3.8) is 0 Å². The van der Waals surface area contributed by atoms with Crippen molar-refractivity contribution in [2.75, 3.05) is 0 Å². The van der Waals surface area contributed by atoms with Crippen LogP contribution in [0.1, 0.15) is 43.9 Å². The lowest BCUT2D eigenvalue weighted by Crippen LogP contribution is -2.10. The van der Waals surface area contributed by atoms with Crippen LogP contribution in [-0.4, -0.2) is 5.11 Å². The van der Waals surface area contributed by atoms with Gasteiger partial charge in [-0.25, -0.2) is 0 Å². The van der Waals surface area contributed by atoms with Crippen molar-refractivity contribution in [3.05, 3.63) is 29.7 Å². The number of rotatable bonds is 0. The van der Waals surface area contributed by atoms with Crippen LogP contribution in [0, 0.1) is 0 Å². The van der Waals surface area contributed by atoms with Gasteiger partial charge in [0.2, 0.25) is 0 Å².